The SMILES string of the molecule is COc1nc2c(C(N)=O)cccc2n1-c1nc2c(c(NCc3cccc(B(O)O)c3)n1)COCC2. The van der Waals surface area contributed by atoms with Crippen molar-refractivity contribution < 1.29 is 24.3 Å². The number of hydrogen-bond acceptors (Lipinski definition) is 9. The minimum Gasteiger partial charge on any atom is -0.468 e. The number of primary amides is 1. The molecule has 0 saturated heterocycles. The van der Waals surface area contributed by atoms with Crippen LogP contribution in [0.2, 0.25) is 0 Å². The van der Waals surface area contributed by atoms with Gasteiger partial charge in [0.05, 0.1) is 37.1 Å². The summed E-state index contributed by atoms with van der Waals surface area (Å²) in [7, 11) is -0.0654. The van der Waals surface area contributed by atoms with Crippen LogP contribution in [0.1, 0.15) is 27.2 Å². The highest BCUT2D eigenvalue weighted by Gasteiger charge is 2.24. The van der Waals surface area contributed by atoms with Crippen LogP contribution in [0.25, 0.3) is 17.0 Å². The highest BCUT2D eigenvalue weighted by Crippen LogP contribution is 2.30. The number of rotatable bonds is 7. The third-order valence-electron chi connectivity index (χ3n) is 5.82. The van der Waals surface area contributed by atoms with Gasteiger partial charge >= 0.3 is 13.1 Å². The van der Waals surface area contributed by atoms with Crippen LogP contribution in [-0.2, 0) is 24.3 Å². The molecular formula is C23H23BN6O5. The molecule has 5 N–H and O–H groups in total. The van der Waals surface area contributed by atoms with Gasteiger partial charge in [0.15, 0.2) is 0 Å². The molecule has 0 bridgehead atoms. The predicted molar refractivity (Wildman–Crippen MR) is 129 cm³/mol. The Morgan fingerprint density at radius 2 is 2.06 bits per heavy atom. The zero-order chi connectivity index (χ0) is 24.5. The Morgan fingerprint density at radius 1 is 1.23 bits per heavy atom. The molecule has 4 aromatic rings. The summed E-state index contributed by atoms with van der Waals surface area (Å²) in [6.07, 6.45) is 0.604. The molecule has 0 saturated carbocycles. The van der Waals surface area contributed by atoms with Crippen molar-refractivity contribution in [3.05, 3.63) is 64.8 Å². The number of anilines is 1. The van der Waals surface area contributed by atoms with Crippen molar-refractivity contribution in [1.82, 2.24) is 19.5 Å². The number of aromatic nitrogens is 4. The van der Waals surface area contributed by atoms with Crippen molar-refractivity contribution in [2.24, 2.45) is 5.73 Å². The monoisotopic (exact) mass is 474 g/mol. The average molecular weight is 474 g/mol. The number of nitrogens with two attached hydrogens (primary N) is 1. The zero-order valence-electron chi connectivity index (χ0n) is 18.9. The van der Waals surface area contributed by atoms with E-state index in [2.05, 4.69) is 10.3 Å². The molecule has 178 valence electrons. The fourth-order valence-electron chi connectivity index (χ4n) is 4.12. The number of para-hydroxylation sites is 1. The largest absolute Gasteiger partial charge is 0.488 e. The molecule has 0 aliphatic carbocycles. The normalized spacial score (nSPS) is 12.9. The number of fused-ring (bicyclic) bond motifs is 2. The van der Waals surface area contributed by atoms with E-state index >= 15 is 0 Å². The van der Waals surface area contributed by atoms with Crippen LogP contribution in [0.4, 0.5) is 5.82 Å². The van der Waals surface area contributed by atoms with Crippen LogP contribution in [0.3, 0.4) is 0 Å². The van der Waals surface area contributed by atoms with Gasteiger partial charge in [0.1, 0.15) is 11.3 Å². The molecule has 2 aromatic heterocycles. The number of nitrogens with one attached hydrogen (secondary N) is 1. The summed E-state index contributed by atoms with van der Waals surface area (Å²) in [5.74, 6) is 0.312. The van der Waals surface area contributed by atoms with E-state index in [9.17, 15) is 14.8 Å². The van der Waals surface area contributed by atoms with E-state index < -0.39 is 13.0 Å². The Hall–Kier alpha value is -4.00. The molecule has 3 heterocycles. The van der Waals surface area contributed by atoms with Gasteiger partial charge in [-0.2, -0.15) is 9.97 Å². The summed E-state index contributed by atoms with van der Waals surface area (Å²) < 4.78 is 12.8. The molecule has 1 amide bonds. The van der Waals surface area contributed by atoms with Crippen molar-refractivity contribution in [3.63, 3.8) is 0 Å². The quantitative estimate of drug-likeness (QED) is 0.276. The van der Waals surface area contributed by atoms with E-state index in [1.54, 1.807) is 41.0 Å². The summed E-state index contributed by atoms with van der Waals surface area (Å²) in [5, 5.41) is 22.3. The van der Waals surface area contributed by atoms with Crippen molar-refractivity contribution in [2.75, 3.05) is 19.0 Å². The van der Waals surface area contributed by atoms with Gasteiger partial charge in [-0.25, -0.2) is 9.55 Å². The molecule has 5 rings (SSSR count). The Labute approximate surface area is 200 Å². The number of nitrogens with zero attached hydrogens (tertiary/aromatic N) is 4. The van der Waals surface area contributed by atoms with E-state index in [1.807, 2.05) is 6.07 Å². The van der Waals surface area contributed by atoms with E-state index in [0.717, 1.165) is 16.8 Å². The number of hydrogen-bond donors (Lipinski definition) is 4. The highest BCUT2D eigenvalue weighted by atomic mass is 16.5. The number of imidazole rings is 1. The Kier molecular flexibility index (Phi) is 6.07. The fraction of sp³-hybridized carbons (Fsp3) is 0.217. The van der Waals surface area contributed by atoms with Crippen LogP contribution >= 0.6 is 0 Å². The van der Waals surface area contributed by atoms with Crippen LogP contribution < -0.4 is 21.3 Å². The molecule has 35 heavy (non-hydrogen) atoms. The third kappa shape index (κ3) is 4.30. The lowest BCUT2D eigenvalue weighted by atomic mass is 9.79. The van der Waals surface area contributed by atoms with E-state index in [4.69, 9.17) is 25.2 Å². The van der Waals surface area contributed by atoms with Gasteiger partial charge in [0.25, 0.3) is 5.91 Å². The lowest BCUT2D eigenvalue weighted by Crippen LogP contribution is -2.30. The maximum absolute atomic E-state index is 11.9. The summed E-state index contributed by atoms with van der Waals surface area (Å²) in [5.41, 5.74) is 9.72. The lowest BCUT2D eigenvalue weighted by molar-refractivity contribution is 0.100. The Morgan fingerprint density at radius 3 is 2.83 bits per heavy atom. The minimum absolute atomic E-state index is 0.219. The molecule has 2 aromatic carbocycles. The smallest absolute Gasteiger partial charge is 0.468 e. The van der Waals surface area contributed by atoms with Crippen molar-refractivity contribution in [3.8, 4) is 12.0 Å². The second-order valence-corrected chi connectivity index (χ2v) is 8.04. The van der Waals surface area contributed by atoms with Gasteiger partial charge in [-0.05, 0) is 23.2 Å². The van der Waals surface area contributed by atoms with Crippen molar-refractivity contribution in [2.45, 2.75) is 19.6 Å². The summed E-state index contributed by atoms with van der Waals surface area (Å²) >= 11 is 0. The first-order valence-electron chi connectivity index (χ1n) is 11.0. The van der Waals surface area contributed by atoms with Crippen LogP contribution in [0, 0.1) is 0 Å². The van der Waals surface area contributed by atoms with Gasteiger partial charge in [-0.15, -0.1) is 0 Å². The maximum Gasteiger partial charge on any atom is 0.488 e. The summed E-state index contributed by atoms with van der Waals surface area (Å²) in [6.45, 7) is 1.28. The zero-order valence-corrected chi connectivity index (χ0v) is 18.9. The Balaban J connectivity index is 1.59. The van der Waals surface area contributed by atoms with Crippen LogP contribution in [0.5, 0.6) is 6.01 Å². The third-order valence-corrected chi connectivity index (χ3v) is 5.82. The first kappa shape index (κ1) is 22.8. The number of amides is 1. The molecule has 0 spiro atoms. The molecule has 0 radical (unpaired) electrons. The molecule has 0 unspecified atom stereocenters. The standard InChI is InChI=1S/C23H23BN6O5/c1-34-23-28-19-15(20(25)31)6-3-7-18(19)30(23)22-27-17-8-9-35-12-16(17)21(29-22)26-11-13-4-2-5-14(10-13)24(32)33/h2-7,10,32-33H,8-9,11-12H2,1H3,(H2,25,31)(H,26,27,29). The van der Waals surface area contributed by atoms with Crippen molar-refractivity contribution in [1.29, 1.82) is 0 Å². The first-order chi connectivity index (χ1) is 17.0. The highest BCUT2D eigenvalue weighted by molar-refractivity contribution is 6.58. The Bertz CT molecular complexity index is 1420. The first-order valence-corrected chi connectivity index (χ1v) is 11.0. The van der Waals surface area contributed by atoms with E-state index in [1.165, 1.54) is 7.11 Å². The maximum atomic E-state index is 11.9. The predicted octanol–water partition coefficient (Wildman–Crippen LogP) is 0.288. The van der Waals surface area contributed by atoms with Gasteiger partial charge in [0, 0.05) is 18.5 Å². The van der Waals surface area contributed by atoms with Crippen LogP contribution in [-0.4, -0.2) is 56.3 Å². The second kappa shape index (κ2) is 9.33. The average Bonchev–Trinajstić information content (AvgIpc) is 3.26. The minimum atomic E-state index is -1.55. The summed E-state index contributed by atoms with van der Waals surface area (Å²) in [4.78, 5) is 25.9. The van der Waals surface area contributed by atoms with Crippen molar-refractivity contribution >= 4 is 35.3 Å². The number of ether oxygens (including phenoxy) is 2. The lowest BCUT2D eigenvalue weighted by Gasteiger charge is -2.21. The second-order valence-electron chi connectivity index (χ2n) is 8.04. The number of methoxy groups -OCH3 is 1. The van der Waals surface area contributed by atoms with E-state index in [0.29, 0.717) is 54.4 Å². The molecule has 0 fully saturated rings. The molecular weight excluding hydrogens is 451 g/mol. The molecule has 11 nitrogen and oxygen atoms in total. The summed E-state index contributed by atoms with van der Waals surface area (Å²) in [6, 6.07) is 12.3. The number of benzene rings is 2. The van der Waals surface area contributed by atoms with Crippen LogP contribution in [0.15, 0.2) is 42.5 Å². The number of carbonyl (C=O) groups is 1. The topological polar surface area (TPSA) is 158 Å². The molecule has 12 heteroatoms. The van der Waals surface area contributed by atoms with Gasteiger partial charge in [-0.1, -0.05) is 30.3 Å². The number of carbonyl (C=O) groups excluding carboxylic acids is 1. The van der Waals surface area contributed by atoms with Gasteiger partial charge in [0.2, 0.25) is 5.95 Å². The van der Waals surface area contributed by atoms with Gasteiger partial charge in [-0.3, -0.25) is 4.79 Å². The molecule has 1 aliphatic heterocycles. The van der Waals surface area contributed by atoms with Gasteiger partial charge < -0.3 is 30.6 Å². The molecule has 0 atom stereocenters. The van der Waals surface area contributed by atoms with E-state index in [-0.39, 0.29) is 11.6 Å². The fourth-order valence-corrected chi connectivity index (χ4v) is 4.12. The molecule has 1 aliphatic rings.